The van der Waals surface area contributed by atoms with E-state index in [0.29, 0.717) is 28.3 Å². The second kappa shape index (κ2) is 10.4. The van der Waals surface area contributed by atoms with Crippen LogP contribution in [-0.2, 0) is 4.79 Å². The Morgan fingerprint density at radius 2 is 1.74 bits per heavy atom. The van der Waals surface area contributed by atoms with E-state index in [2.05, 4.69) is 31.5 Å². The van der Waals surface area contributed by atoms with Gasteiger partial charge in [0.15, 0.2) is 11.5 Å². The number of nitrogens with zero attached hydrogens (tertiary/aromatic N) is 1. The minimum atomic E-state index is -0.472. The summed E-state index contributed by atoms with van der Waals surface area (Å²) in [6.07, 6.45) is 4.77. The number of hydrogen-bond acceptors (Lipinski definition) is 5. The van der Waals surface area contributed by atoms with Crippen molar-refractivity contribution in [1.29, 1.82) is 0 Å². The Balaban J connectivity index is 1.87. The SMILES string of the molecule is COc1ccc(C(=O)N/C(=C\c2cccnc2)C(=O)Nc2ccc(Br)cc2)cc1OC. The van der Waals surface area contributed by atoms with E-state index in [9.17, 15) is 9.59 Å². The van der Waals surface area contributed by atoms with Gasteiger partial charge in [-0.15, -0.1) is 0 Å². The third-order valence-corrected chi connectivity index (χ3v) is 4.76. The van der Waals surface area contributed by atoms with Gasteiger partial charge in [-0.1, -0.05) is 22.0 Å². The van der Waals surface area contributed by atoms with Crippen LogP contribution in [0.25, 0.3) is 6.08 Å². The zero-order valence-corrected chi connectivity index (χ0v) is 18.5. The van der Waals surface area contributed by atoms with Crippen LogP contribution in [0, 0.1) is 0 Å². The standard InChI is InChI=1S/C23H20BrN3O4/c1-30-20-10-5-16(13-21(20)31-2)22(28)27-19(12-15-4-3-11-25-14-15)23(29)26-18-8-6-17(24)7-9-18/h3-14H,1-2H3,(H,26,29)(H,27,28)/b19-12-. The van der Waals surface area contributed by atoms with Crippen LogP contribution in [0.2, 0.25) is 0 Å². The lowest BCUT2D eigenvalue weighted by Gasteiger charge is -2.13. The van der Waals surface area contributed by atoms with Gasteiger partial charge in [-0.25, -0.2) is 0 Å². The molecule has 3 rings (SSSR count). The van der Waals surface area contributed by atoms with E-state index < -0.39 is 11.8 Å². The Morgan fingerprint density at radius 3 is 2.39 bits per heavy atom. The summed E-state index contributed by atoms with van der Waals surface area (Å²) >= 11 is 3.36. The first-order chi connectivity index (χ1) is 15.0. The highest BCUT2D eigenvalue weighted by atomic mass is 79.9. The molecule has 0 saturated carbocycles. The van der Waals surface area contributed by atoms with Crippen molar-refractivity contribution in [2.75, 3.05) is 19.5 Å². The summed E-state index contributed by atoms with van der Waals surface area (Å²) in [4.78, 5) is 29.8. The van der Waals surface area contributed by atoms with Crippen LogP contribution < -0.4 is 20.1 Å². The molecule has 0 saturated heterocycles. The molecule has 0 aliphatic carbocycles. The number of benzene rings is 2. The van der Waals surface area contributed by atoms with Crippen molar-refractivity contribution in [3.63, 3.8) is 0 Å². The summed E-state index contributed by atoms with van der Waals surface area (Å²) in [7, 11) is 3.00. The zero-order chi connectivity index (χ0) is 22.2. The highest BCUT2D eigenvalue weighted by Crippen LogP contribution is 2.27. The molecule has 0 aliphatic heterocycles. The van der Waals surface area contributed by atoms with Crippen LogP contribution in [0.5, 0.6) is 11.5 Å². The Labute approximate surface area is 188 Å². The van der Waals surface area contributed by atoms with E-state index in [-0.39, 0.29) is 5.70 Å². The molecule has 1 heterocycles. The summed E-state index contributed by atoms with van der Waals surface area (Å²) in [6, 6.07) is 15.4. The molecule has 7 nitrogen and oxygen atoms in total. The lowest BCUT2D eigenvalue weighted by Crippen LogP contribution is -2.30. The molecule has 0 unspecified atom stereocenters. The Bertz CT molecular complexity index is 1100. The summed E-state index contributed by atoms with van der Waals surface area (Å²) < 4.78 is 11.3. The Hall–Kier alpha value is -3.65. The third-order valence-electron chi connectivity index (χ3n) is 4.24. The van der Waals surface area contributed by atoms with E-state index in [1.165, 1.54) is 14.2 Å². The molecule has 0 fully saturated rings. The normalized spacial score (nSPS) is 10.9. The molecule has 8 heteroatoms. The molecule has 2 amide bonds. The molecule has 0 bridgehead atoms. The second-order valence-electron chi connectivity index (χ2n) is 6.33. The zero-order valence-electron chi connectivity index (χ0n) is 16.9. The predicted octanol–water partition coefficient (Wildman–Crippen LogP) is 4.27. The number of anilines is 1. The molecule has 31 heavy (non-hydrogen) atoms. The number of ether oxygens (including phenoxy) is 2. The van der Waals surface area contributed by atoms with Crippen molar-refractivity contribution < 1.29 is 19.1 Å². The molecular formula is C23H20BrN3O4. The maximum absolute atomic E-state index is 12.9. The van der Waals surface area contributed by atoms with Gasteiger partial charge in [-0.05, 0) is 60.2 Å². The highest BCUT2D eigenvalue weighted by molar-refractivity contribution is 9.10. The van der Waals surface area contributed by atoms with Crippen molar-refractivity contribution in [1.82, 2.24) is 10.3 Å². The molecule has 0 atom stereocenters. The fourth-order valence-corrected chi connectivity index (χ4v) is 2.95. The van der Waals surface area contributed by atoms with E-state index in [1.54, 1.807) is 60.9 Å². The first-order valence-electron chi connectivity index (χ1n) is 9.22. The van der Waals surface area contributed by atoms with E-state index >= 15 is 0 Å². The predicted molar refractivity (Wildman–Crippen MR) is 122 cm³/mol. The van der Waals surface area contributed by atoms with Crippen LogP contribution in [0.15, 0.2) is 77.2 Å². The molecular weight excluding hydrogens is 462 g/mol. The Morgan fingerprint density at radius 1 is 1.00 bits per heavy atom. The minimum absolute atomic E-state index is 0.0655. The number of hydrogen-bond donors (Lipinski definition) is 2. The topological polar surface area (TPSA) is 89.5 Å². The van der Waals surface area contributed by atoms with E-state index in [0.717, 1.165) is 4.47 Å². The lowest BCUT2D eigenvalue weighted by atomic mass is 10.1. The fraction of sp³-hybridized carbons (Fsp3) is 0.0870. The molecule has 2 N–H and O–H groups in total. The Kier molecular flexibility index (Phi) is 7.40. The number of carbonyl (C=O) groups is 2. The van der Waals surface area contributed by atoms with E-state index in [1.807, 2.05) is 12.1 Å². The van der Waals surface area contributed by atoms with Crippen molar-refractivity contribution in [3.05, 3.63) is 88.3 Å². The van der Waals surface area contributed by atoms with Gasteiger partial charge in [0.2, 0.25) is 0 Å². The van der Waals surface area contributed by atoms with Crippen molar-refractivity contribution in [3.8, 4) is 11.5 Å². The average molecular weight is 482 g/mol. The van der Waals surface area contributed by atoms with Gasteiger partial charge in [0, 0.05) is 28.1 Å². The summed E-state index contributed by atoms with van der Waals surface area (Å²) in [5.74, 6) is -0.0348. The molecule has 0 spiro atoms. The second-order valence-corrected chi connectivity index (χ2v) is 7.24. The van der Waals surface area contributed by atoms with Gasteiger partial charge in [0.1, 0.15) is 5.70 Å². The number of pyridine rings is 1. The van der Waals surface area contributed by atoms with Gasteiger partial charge >= 0.3 is 0 Å². The molecule has 2 aromatic carbocycles. The molecule has 158 valence electrons. The molecule has 3 aromatic rings. The largest absolute Gasteiger partial charge is 0.493 e. The summed E-state index contributed by atoms with van der Waals surface area (Å²) in [5.41, 5.74) is 1.63. The smallest absolute Gasteiger partial charge is 0.272 e. The van der Waals surface area contributed by atoms with Crippen LogP contribution in [-0.4, -0.2) is 31.0 Å². The monoisotopic (exact) mass is 481 g/mol. The van der Waals surface area contributed by atoms with Gasteiger partial charge < -0.3 is 20.1 Å². The van der Waals surface area contributed by atoms with Gasteiger partial charge in [-0.3, -0.25) is 14.6 Å². The van der Waals surface area contributed by atoms with Crippen LogP contribution >= 0.6 is 15.9 Å². The third kappa shape index (κ3) is 5.93. The van der Waals surface area contributed by atoms with Gasteiger partial charge in [-0.2, -0.15) is 0 Å². The first-order valence-corrected chi connectivity index (χ1v) is 10.0. The van der Waals surface area contributed by atoms with Crippen molar-refractivity contribution in [2.45, 2.75) is 0 Å². The van der Waals surface area contributed by atoms with Gasteiger partial charge in [0.25, 0.3) is 11.8 Å². The first kappa shape index (κ1) is 22.0. The number of rotatable bonds is 7. The number of nitrogens with one attached hydrogen (secondary N) is 2. The fourth-order valence-electron chi connectivity index (χ4n) is 2.69. The summed E-state index contributed by atoms with van der Waals surface area (Å²) in [5, 5.41) is 5.46. The number of halogens is 1. The van der Waals surface area contributed by atoms with Crippen LogP contribution in [0.4, 0.5) is 5.69 Å². The van der Waals surface area contributed by atoms with Crippen molar-refractivity contribution in [2.24, 2.45) is 0 Å². The van der Waals surface area contributed by atoms with Crippen LogP contribution in [0.1, 0.15) is 15.9 Å². The van der Waals surface area contributed by atoms with Crippen molar-refractivity contribution >= 4 is 39.5 Å². The number of carbonyl (C=O) groups excluding carboxylic acids is 2. The number of aromatic nitrogens is 1. The van der Waals surface area contributed by atoms with E-state index in [4.69, 9.17) is 9.47 Å². The number of amides is 2. The number of methoxy groups -OCH3 is 2. The highest BCUT2D eigenvalue weighted by Gasteiger charge is 2.17. The summed E-state index contributed by atoms with van der Waals surface area (Å²) in [6.45, 7) is 0. The lowest BCUT2D eigenvalue weighted by molar-refractivity contribution is -0.113. The average Bonchev–Trinajstić information content (AvgIpc) is 2.80. The van der Waals surface area contributed by atoms with Crippen LogP contribution in [0.3, 0.4) is 0 Å². The molecule has 1 aromatic heterocycles. The molecule has 0 radical (unpaired) electrons. The quantitative estimate of drug-likeness (QED) is 0.491. The maximum atomic E-state index is 12.9. The maximum Gasteiger partial charge on any atom is 0.272 e. The van der Waals surface area contributed by atoms with Gasteiger partial charge in [0.05, 0.1) is 14.2 Å². The molecule has 0 aliphatic rings. The minimum Gasteiger partial charge on any atom is -0.493 e.